The van der Waals surface area contributed by atoms with Gasteiger partial charge in [0.25, 0.3) is 0 Å². The molecule has 0 aliphatic carbocycles. The van der Waals surface area contributed by atoms with Crippen molar-refractivity contribution in [2.45, 2.75) is 17.2 Å². The molecule has 12 heteroatoms. The second kappa shape index (κ2) is 7.75. The van der Waals surface area contributed by atoms with Gasteiger partial charge in [-0.05, 0) is 42.5 Å². The molecular formula is C17H9F7N2O2S. The highest BCUT2D eigenvalue weighted by atomic mass is 32.2. The number of allylic oxidation sites excluding steroid dienone is 1. The number of nitrogens with one attached hydrogen (secondary N) is 1. The van der Waals surface area contributed by atoms with Crippen LogP contribution in [0.25, 0.3) is 0 Å². The van der Waals surface area contributed by atoms with Crippen molar-refractivity contribution in [3.8, 4) is 6.07 Å². The Kier molecular flexibility index (Phi) is 5.94. The van der Waals surface area contributed by atoms with E-state index in [-0.39, 0.29) is 6.07 Å². The Morgan fingerprint density at radius 2 is 1.41 bits per heavy atom. The van der Waals surface area contributed by atoms with Crippen LogP contribution < -0.4 is 5.32 Å². The minimum Gasteiger partial charge on any atom is -0.360 e. The summed E-state index contributed by atoms with van der Waals surface area (Å²) in [5, 5.41) is 11.0. The molecule has 0 saturated heterocycles. The van der Waals surface area contributed by atoms with Gasteiger partial charge in [0.05, 0.1) is 16.0 Å². The van der Waals surface area contributed by atoms with E-state index >= 15 is 0 Å². The molecule has 29 heavy (non-hydrogen) atoms. The summed E-state index contributed by atoms with van der Waals surface area (Å²) in [6, 6.07) is 5.14. The summed E-state index contributed by atoms with van der Waals surface area (Å²) in [6.07, 6.45) is -9.74. The summed E-state index contributed by atoms with van der Waals surface area (Å²) < 4.78 is 115. The number of nitriles is 1. The fraction of sp³-hybridized carbons (Fsp3) is 0.118. The normalized spacial score (nSPS) is 13.1. The highest BCUT2D eigenvalue weighted by molar-refractivity contribution is 7.95. The number of hydrogen-bond donors (Lipinski definition) is 1. The van der Waals surface area contributed by atoms with Crippen molar-refractivity contribution in [3.63, 3.8) is 0 Å². The molecular weight excluding hydrogens is 429 g/mol. The van der Waals surface area contributed by atoms with E-state index in [0.29, 0.717) is 18.3 Å². The average Bonchev–Trinajstić information content (AvgIpc) is 2.60. The molecule has 0 atom stereocenters. The molecule has 0 saturated carbocycles. The van der Waals surface area contributed by atoms with E-state index < -0.39 is 54.6 Å². The van der Waals surface area contributed by atoms with Crippen LogP contribution >= 0.6 is 0 Å². The number of rotatable bonds is 4. The van der Waals surface area contributed by atoms with Crippen molar-refractivity contribution < 1.29 is 39.2 Å². The van der Waals surface area contributed by atoms with Gasteiger partial charge < -0.3 is 5.32 Å². The van der Waals surface area contributed by atoms with E-state index in [4.69, 9.17) is 5.26 Å². The lowest BCUT2D eigenvalue weighted by atomic mass is 10.1. The number of sulfone groups is 1. The zero-order chi connectivity index (χ0) is 22.0. The van der Waals surface area contributed by atoms with Gasteiger partial charge in [-0.25, -0.2) is 12.8 Å². The molecule has 0 radical (unpaired) electrons. The van der Waals surface area contributed by atoms with Crippen molar-refractivity contribution in [3.05, 3.63) is 70.5 Å². The third kappa shape index (κ3) is 5.26. The molecule has 0 bridgehead atoms. The van der Waals surface area contributed by atoms with E-state index in [0.717, 1.165) is 24.3 Å². The largest absolute Gasteiger partial charge is 0.416 e. The monoisotopic (exact) mass is 438 g/mol. The maximum atomic E-state index is 12.9. The Morgan fingerprint density at radius 3 is 1.83 bits per heavy atom. The lowest BCUT2D eigenvalue weighted by molar-refractivity contribution is -0.143. The Hall–Kier alpha value is -3.07. The van der Waals surface area contributed by atoms with Gasteiger partial charge >= 0.3 is 12.4 Å². The molecule has 0 amide bonds. The standard InChI is InChI=1S/C17H9F7N2O2S/c18-12-1-3-14(4-2-12)29(27,28)15(8-25)9-26-13-6-10(16(19,20)21)5-11(7-13)17(22,23)24/h1-7,9,26H/b15-9-. The second-order valence-electron chi connectivity index (χ2n) is 5.52. The lowest BCUT2D eigenvalue weighted by Gasteiger charge is -2.14. The number of benzene rings is 2. The Morgan fingerprint density at radius 1 is 0.931 bits per heavy atom. The highest BCUT2D eigenvalue weighted by Crippen LogP contribution is 2.37. The average molecular weight is 438 g/mol. The highest BCUT2D eigenvalue weighted by Gasteiger charge is 2.37. The minimum absolute atomic E-state index is 0.102. The molecule has 0 spiro atoms. The molecule has 4 nitrogen and oxygen atoms in total. The zero-order valence-corrected chi connectivity index (χ0v) is 14.8. The number of halogens is 7. The summed E-state index contributed by atoms with van der Waals surface area (Å²) >= 11 is 0. The lowest BCUT2D eigenvalue weighted by Crippen LogP contribution is -2.12. The maximum Gasteiger partial charge on any atom is 0.416 e. The molecule has 0 fully saturated rings. The first-order valence-corrected chi connectivity index (χ1v) is 8.90. The van der Waals surface area contributed by atoms with Crippen LogP contribution in [0.2, 0.25) is 0 Å². The topological polar surface area (TPSA) is 70.0 Å². The molecule has 0 aliphatic heterocycles. The Bertz CT molecular complexity index is 1050. The van der Waals surface area contributed by atoms with Gasteiger partial charge in [0.2, 0.25) is 9.84 Å². The van der Waals surface area contributed by atoms with Gasteiger partial charge in [-0.1, -0.05) is 0 Å². The van der Waals surface area contributed by atoms with Crippen LogP contribution in [0.1, 0.15) is 11.1 Å². The third-order valence-corrected chi connectivity index (χ3v) is 5.16. The summed E-state index contributed by atoms with van der Waals surface area (Å²) in [4.78, 5) is -1.50. The Balaban J connectivity index is 2.47. The van der Waals surface area contributed by atoms with Crippen molar-refractivity contribution in [2.75, 3.05) is 5.32 Å². The van der Waals surface area contributed by atoms with Crippen molar-refractivity contribution in [2.24, 2.45) is 0 Å². The first-order valence-electron chi connectivity index (χ1n) is 7.42. The van der Waals surface area contributed by atoms with Gasteiger partial charge in [-0.15, -0.1) is 0 Å². The van der Waals surface area contributed by atoms with Gasteiger partial charge in [0.15, 0.2) is 4.91 Å². The Labute approximate surface area is 159 Å². The quantitative estimate of drug-likeness (QED) is 0.409. The van der Waals surface area contributed by atoms with E-state index in [2.05, 4.69) is 0 Å². The first-order chi connectivity index (χ1) is 13.2. The molecule has 0 heterocycles. The molecule has 0 aliphatic rings. The smallest absolute Gasteiger partial charge is 0.360 e. The van der Waals surface area contributed by atoms with Crippen LogP contribution in [0, 0.1) is 17.1 Å². The molecule has 1 N–H and O–H groups in total. The SMILES string of the molecule is N#C/C(=C/Nc1cc(C(F)(F)F)cc(C(F)(F)F)c1)S(=O)(=O)c1ccc(F)cc1. The van der Waals surface area contributed by atoms with E-state index in [1.807, 2.05) is 5.32 Å². The van der Waals surface area contributed by atoms with E-state index in [1.165, 1.54) is 6.07 Å². The van der Waals surface area contributed by atoms with Gasteiger partial charge in [0, 0.05) is 11.9 Å². The summed E-state index contributed by atoms with van der Waals surface area (Å²) in [5.74, 6) is -0.756. The van der Waals surface area contributed by atoms with Crippen LogP contribution in [0.5, 0.6) is 0 Å². The number of alkyl halides is 6. The third-order valence-electron chi connectivity index (χ3n) is 3.48. The van der Waals surface area contributed by atoms with E-state index in [9.17, 15) is 39.2 Å². The zero-order valence-electron chi connectivity index (χ0n) is 13.9. The fourth-order valence-electron chi connectivity index (χ4n) is 2.10. The van der Waals surface area contributed by atoms with Crippen molar-refractivity contribution in [1.82, 2.24) is 0 Å². The first kappa shape index (κ1) is 22.2. The van der Waals surface area contributed by atoms with Crippen LogP contribution in [0.3, 0.4) is 0 Å². The van der Waals surface area contributed by atoms with Gasteiger partial charge in [0.1, 0.15) is 11.9 Å². The molecule has 2 aromatic rings. The molecule has 2 rings (SSSR count). The summed E-state index contributed by atoms with van der Waals surface area (Å²) in [7, 11) is -4.49. The minimum atomic E-state index is -5.10. The van der Waals surface area contributed by atoms with Gasteiger partial charge in [-0.2, -0.15) is 31.6 Å². The summed E-state index contributed by atoms with van der Waals surface area (Å²) in [6.45, 7) is 0. The predicted octanol–water partition coefficient (Wildman–Crippen LogP) is 5.11. The number of nitrogens with zero attached hydrogens (tertiary/aromatic N) is 1. The van der Waals surface area contributed by atoms with Crippen LogP contribution in [-0.2, 0) is 22.2 Å². The van der Waals surface area contributed by atoms with E-state index in [1.54, 1.807) is 0 Å². The van der Waals surface area contributed by atoms with Crippen molar-refractivity contribution >= 4 is 15.5 Å². The van der Waals surface area contributed by atoms with Gasteiger partial charge in [-0.3, -0.25) is 0 Å². The van der Waals surface area contributed by atoms with Crippen molar-refractivity contribution in [1.29, 1.82) is 5.26 Å². The predicted molar refractivity (Wildman–Crippen MR) is 87.4 cm³/mol. The molecule has 0 unspecified atom stereocenters. The van der Waals surface area contributed by atoms with Crippen LogP contribution in [0.15, 0.2) is 58.5 Å². The number of anilines is 1. The van der Waals surface area contributed by atoms with Crippen LogP contribution in [0.4, 0.5) is 36.4 Å². The molecule has 154 valence electrons. The number of hydrogen-bond acceptors (Lipinski definition) is 4. The maximum absolute atomic E-state index is 12.9. The second-order valence-corrected chi connectivity index (χ2v) is 7.43. The fourth-order valence-corrected chi connectivity index (χ4v) is 3.18. The summed E-state index contributed by atoms with van der Waals surface area (Å²) in [5.41, 5.74) is -3.99. The molecule has 0 aromatic heterocycles. The molecule has 2 aromatic carbocycles. The van der Waals surface area contributed by atoms with Crippen LogP contribution in [-0.4, -0.2) is 8.42 Å².